The highest BCUT2D eigenvalue weighted by molar-refractivity contribution is 5.63. The third kappa shape index (κ3) is 3.75. The van der Waals surface area contributed by atoms with Crippen LogP contribution in [0, 0.1) is 11.6 Å². The van der Waals surface area contributed by atoms with Gasteiger partial charge in [-0.05, 0) is 67.4 Å². The first kappa shape index (κ1) is 21.0. The molecule has 0 unspecified atom stereocenters. The number of aromatic nitrogens is 4. The largest absolute Gasteiger partial charge is 0.378 e. The van der Waals surface area contributed by atoms with E-state index in [1.165, 1.54) is 12.1 Å². The Balaban J connectivity index is 1.33. The number of halogens is 2. The molecule has 0 bridgehead atoms. The van der Waals surface area contributed by atoms with E-state index in [2.05, 4.69) is 27.2 Å². The first-order valence-corrected chi connectivity index (χ1v) is 11.5. The monoisotopic (exact) mass is 462 g/mol. The Morgan fingerprint density at radius 2 is 1.71 bits per heavy atom. The SMILES string of the molecule is Fc1ccc(F)c([C@H]2CCCN2c2ccc3nnc(-c4ccc(N5CCOCC5)cc4)n3n2)c1. The van der Waals surface area contributed by atoms with E-state index in [4.69, 9.17) is 9.84 Å². The number of hydrogen-bond donors (Lipinski definition) is 0. The van der Waals surface area contributed by atoms with Crippen molar-refractivity contribution in [3.63, 3.8) is 0 Å². The van der Waals surface area contributed by atoms with E-state index in [1.54, 1.807) is 4.52 Å². The van der Waals surface area contributed by atoms with Crippen molar-refractivity contribution in [1.29, 1.82) is 0 Å². The Morgan fingerprint density at radius 1 is 0.882 bits per heavy atom. The fourth-order valence-corrected chi connectivity index (χ4v) is 4.89. The van der Waals surface area contributed by atoms with Gasteiger partial charge < -0.3 is 14.5 Å². The number of morpholine rings is 1. The molecule has 0 spiro atoms. The van der Waals surface area contributed by atoms with Crippen LogP contribution in [0.5, 0.6) is 0 Å². The van der Waals surface area contributed by atoms with Gasteiger partial charge in [0, 0.05) is 36.4 Å². The van der Waals surface area contributed by atoms with Crippen LogP contribution >= 0.6 is 0 Å². The van der Waals surface area contributed by atoms with Gasteiger partial charge >= 0.3 is 0 Å². The van der Waals surface area contributed by atoms with Crippen LogP contribution in [0.15, 0.2) is 54.6 Å². The smallest absolute Gasteiger partial charge is 0.185 e. The third-order valence-corrected chi connectivity index (χ3v) is 6.61. The average Bonchev–Trinajstić information content (AvgIpc) is 3.53. The average molecular weight is 463 g/mol. The molecule has 2 aliphatic rings. The van der Waals surface area contributed by atoms with Gasteiger partial charge in [-0.2, -0.15) is 4.52 Å². The van der Waals surface area contributed by atoms with Crippen LogP contribution in [0.4, 0.5) is 20.3 Å². The van der Waals surface area contributed by atoms with Gasteiger partial charge in [-0.15, -0.1) is 15.3 Å². The van der Waals surface area contributed by atoms with Gasteiger partial charge in [0.1, 0.15) is 17.5 Å². The zero-order chi connectivity index (χ0) is 23.1. The van der Waals surface area contributed by atoms with Crippen LogP contribution < -0.4 is 9.80 Å². The van der Waals surface area contributed by atoms with E-state index in [0.717, 1.165) is 56.5 Å². The van der Waals surface area contributed by atoms with Gasteiger partial charge in [-0.3, -0.25) is 0 Å². The van der Waals surface area contributed by atoms with Crippen molar-refractivity contribution in [2.24, 2.45) is 0 Å². The van der Waals surface area contributed by atoms with Crippen molar-refractivity contribution in [2.45, 2.75) is 18.9 Å². The molecule has 0 amide bonds. The minimum absolute atomic E-state index is 0.270. The molecule has 4 heterocycles. The molecule has 0 saturated carbocycles. The first-order valence-electron chi connectivity index (χ1n) is 11.5. The Bertz CT molecular complexity index is 1320. The molecule has 2 aliphatic heterocycles. The number of ether oxygens (including phenoxy) is 1. The molecule has 2 fully saturated rings. The van der Waals surface area contributed by atoms with Crippen molar-refractivity contribution in [3.8, 4) is 11.4 Å². The highest BCUT2D eigenvalue weighted by atomic mass is 19.1. The maximum atomic E-state index is 14.5. The highest BCUT2D eigenvalue weighted by Crippen LogP contribution is 2.37. The highest BCUT2D eigenvalue weighted by Gasteiger charge is 2.30. The second-order valence-electron chi connectivity index (χ2n) is 8.65. The van der Waals surface area contributed by atoms with Crippen molar-refractivity contribution in [2.75, 3.05) is 42.6 Å². The number of anilines is 2. The summed E-state index contributed by atoms with van der Waals surface area (Å²) in [6, 6.07) is 15.3. The van der Waals surface area contributed by atoms with Gasteiger partial charge in [-0.25, -0.2) is 8.78 Å². The van der Waals surface area contributed by atoms with Crippen LogP contribution in [0.25, 0.3) is 17.0 Å². The van der Waals surface area contributed by atoms with E-state index in [9.17, 15) is 8.78 Å². The van der Waals surface area contributed by atoms with E-state index >= 15 is 0 Å². The van der Waals surface area contributed by atoms with Crippen LogP contribution in [0.2, 0.25) is 0 Å². The van der Waals surface area contributed by atoms with E-state index in [-0.39, 0.29) is 6.04 Å². The fraction of sp³-hybridized carbons (Fsp3) is 0.320. The quantitative estimate of drug-likeness (QED) is 0.452. The minimum Gasteiger partial charge on any atom is -0.378 e. The second-order valence-corrected chi connectivity index (χ2v) is 8.65. The molecule has 4 aromatic rings. The molecule has 2 aromatic heterocycles. The maximum absolute atomic E-state index is 14.5. The van der Waals surface area contributed by atoms with Crippen molar-refractivity contribution in [3.05, 3.63) is 71.8 Å². The number of hydrogen-bond acceptors (Lipinski definition) is 6. The lowest BCUT2D eigenvalue weighted by molar-refractivity contribution is 0.122. The lowest BCUT2D eigenvalue weighted by atomic mass is 10.0. The van der Waals surface area contributed by atoms with E-state index < -0.39 is 11.6 Å². The van der Waals surface area contributed by atoms with E-state index in [1.807, 2.05) is 29.2 Å². The molecule has 9 heteroatoms. The second kappa shape index (κ2) is 8.64. The summed E-state index contributed by atoms with van der Waals surface area (Å²) in [5.74, 6) is 0.487. The maximum Gasteiger partial charge on any atom is 0.185 e. The normalized spacial score (nSPS) is 18.7. The predicted octanol–water partition coefficient (Wildman–Crippen LogP) is 4.25. The lowest BCUT2D eigenvalue weighted by Gasteiger charge is -2.28. The fourth-order valence-electron chi connectivity index (χ4n) is 4.89. The Kier molecular flexibility index (Phi) is 5.33. The van der Waals surface area contributed by atoms with E-state index in [0.29, 0.717) is 29.4 Å². The molecule has 0 N–H and O–H groups in total. The van der Waals surface area contributed by atoms with Gasteiger partial charge in [0.2, 0.25) is 0 Å². The zero-order valence-corrected chi connectivity index (χ0v) is 18.6. The van der Waals surface area contributed by atoms with Crippen molar-refractivity contribution < 1.29 is 13.5 Å². The molecule has 0 radical (unpaired) electrons. The summed E-state index contributed by atoms with van der Waals surface area (Å²) in [6.45, 7) is 3.94. The summed E-state index contributed by atoms with van der Waals surface area (Å²) in [5, 5.41) is 13.4. The Labute approximate surface area is 195 Å². The third-order valence-electron chi connectivity index (χ3n) is 6.61. The summed E-state index contributed by atoms with van der Waals surface area (Å²) < 4.78 is 35.5. The van der Waals surface area contributed by atoms with Gasteiger partial charge in [0.15, 0.2) is 11.5 Å². The van der Waals surface area contributed by atoms with Gasteiger partial charge in [-0.1, -0.05) is 0 Å². The molecule has 2 aromatic carbocycles. The zero-order valence-electron chi connectivity index (χ0n) is 18.6. The van der Waals surface area contributed by atoms with Crippen LogP contribution in [0.3, 0.4) is 0 Å². The van der Waals surface area contributed by atoms with Crippen LogP contribution in [0.1, 0.15) is 24.4 Å². The molecule has 2 saturated heterocycles. The Hall–Kier alpha value is -3.59. The van der Waals surface area contributed by atoms with Gasteiger partial charge in [0.25, 0.3) is 0 Å². The predicted molar refractivity (Wildman–Crippen MR) is 125 cm³/mol. The van der Waals surface area contributed by atoms with Crippen molar-refractivity contribution in [1.82, 2.24) is 19.8 Å². The molecular weight excluding hydrogens is 438 g/mol. The number of rotatable bonds is 4. The summed E-state index contributed by atoms with van der Waals surface area (Å²) in [6.07, 6.45) is 1.61. The minimum atomic E-state index is -0.437. The van der Waals surface area contributed by atoms with Gasteiger partial charge in [0.05, 0.1) is 19.3 Å². The molecule has 7 nitrogen and oxygen atoms in total. The number of benzene rings is 2. The summed E-state index contributed by atoms with van der Waals surface area (Å²) in [4.78, 5) is 4.33. The lowest BCUT2D eigenvalue weighted by Crippen LogP contribution is -2.36. The number of nitrogens with zero attached hydrogens (tertiary/aromatic N) is 6. The first-order chi connectivity index (χ1) is 16.7. The molecule has 34 heavy (non-hydrogen) atoms. The summed E-state index contributed by atoms with van der Waals surface area (Å²) in [7, 11) is 0. The summed E-state index contributed by atoms with van der Waals surface area (Å²) >= 11 is 0. The Morgan fingerprint density at radius 3 is 2.53 bits per heavy atom. The molecule has 6 rings (SSSR count). The summed E-state index contributed by atoms with van der Waals surface area (Å²) in [5.41, 5.74) is 3.04. The molecule has 0 aliphatic carbocycles. The molecular formula is C25H24F2N6O. The number of fused-ring (bicyclic) bond motifs is 1. The molecule has 174 valence electrons. The van der Waals surface area contributed by atoms with Crippen LogP contribution in [-0.4, -0.2) is 52.7 Å². The standard InChI is InChI=1S/C25H24F2N6O/c26-18-5-8-21(27)20(16-18)22-2-1-11-32(22)24-10-9-23-28-29-25(33(23)30-24)17-3-6-19(7-4-17)31-12-14-34-15-13-31/h3-10,16,22H,1-2,11-15H2/t22-/m1/s1. The van der Waals surface area contributed by atoms with Crippen LogP contribution in [-0.2, 0) is 4.74 Å². The topological polar surface area (TPSA) is 58.8 Å². The van der Waals surface area contributed by atoms with Crippen molar-refractivity contribution >= 4 is 17.2 Å². The molecule has 1 atom stereocenters.